The Hall–Kier alpha value is -2.75. The maximum Gasteiger partial charge on any atom is 0.416 e. The summed E-state index contributed by atoms with van der Waals surface area (Å²) in [6.45, 7) is 2.02. The first kappa shape index (κ1) is 21.1. The van der Waals surface area contributed by atoms with Gasteiger partial charge in [-0.25, -0.2) is 9.37 Å². The first-order valence-electron chi connectivity index (χ1n) is 10.7. The molecule has 0 N–H and O–H groups in total. The number of alkyl halides is 3. The lowest BCUT2D eigenvalue weighted by Gasteiger charge is -2.37. The number of piperazine rings is 1. The topological polar surface area (TPSA) is 58.6 Å². The third kappa shape index (κ3) is 4.28. The summed E-state index contributed by atoms with van der Waals surface area (Å²) in [7, 11) is 0. The van der Waals surface area contributed by atoms with Crippen LogP contribution in [-0.2, 0) is 6.18 Å². The van der Waals surface area contributed by atoms with Crippen molar-refractivity contribution in [2.45, 2.75) is 43.5 Å². The van der Waals surface area contributed by atoms with E-state index in [1.54, 1.807) is 12.4 Å². The molecule has 170 valence electrons. The minimum Gasteiger partial charge on any atom is -0.472 e. The van der Waals surface area contributed by atoms with Crippen LogP contribution in [0, 0.1) is 5.82 Å². The predicted molar refractivity (Wildman–Crippen MR) is 106 cm³/mol. The molecular weight excluding hydrogens is 428 g/mol. The van der Waals surface area contributed by atoms with E-state index in [1.165, 1.54) is 4.90 Å². The number of hydrogen-bond donors (Lipinski definition) is 0. The summed E-state index contributed by atoms with van der Waals surface area (Å²) in [5, 5.41) is 0. The maximum absolute atomic E-state index is 14.2. The summed E-state index contributed by atoms with van der Waals surface area (Å²) in [5.41, 5.74) is -0.463. The van der Waals surface area contributed by atoms with Crippen LogP contribution >= 0.6 is 0 Å². The molecule has 3 heterocycles. The van der Waals surface area contributed by atoms with Gasteiger partial charge in [-0.15, -0.1) is 0 Å². The number of fused-ring (bicyclic) bond motifs is 1. The van der Waals surface area contributed by atoms with Gasteiger partial charge in [0, 0.05) is 44.6 Å². The van der Waals surface area contributed by atoms with E-state index in [2.05, 4.69) is 14.9 Å². The zero-order valence-electron chi connectivity index (χ0n) is 17.2. The van der Waals surface area contributed by atoms with Crippen molar-refractivity contribution >= 4 is 5.91 Å². The molecule has 2 atom stereocenters. The van der Waals surface area contributed by atoms with Gasteiger partial charge in [0.25, 0.3) is 5.91 Å². The molecule has 2 aromatic rings. The van der Waals surface area contributed by atoms with Crippen LogP contribution in [0.4, 0.5) is 17.6 Å². The standard InChI is InChI=1S/C22H22F4N4O2/c23-18-7-14(22(24,25)26)3-4-17(18)21(31)30-6-5-29-12-16(8-15(29)11-30)32-20-10-27-19(9-28-20)13-1-2-13/h3-4,7,9-10,13,15-16H,1-2,5-6,8,11-12H2/t15-,16+/m0/s1. The fourth-order valence-corrected chi connectivity index (χ4v) is 4.45. The molecule has 32 heavy (non-hydrogen) atoms. The second kappa shape index (κ2) is 7.99. The summed E-state index contributed by atoms with van der Waals surface area (Å²) >= 11 is 0. The largest absolute Gasteiger partial charge is 0.472 e. The molecule has 6 nitrogen and oxygen atoms in total. The lowest BCUT2D eigenvalue weighted by molar-refractivity contribution is -0.137. The Morgan fingerprint density at radius 3 is 2.56 bits per heavy atom. The summed E-state index contributed by atoms with van der Waals surface area (Å²) in [6, 6.07) is 2.06. The van der Waals surface area contributed by atoms with Crippen LogP contribution in [0.3, 0.4) is 0 Å². The van der Waals surface area contributed by atoms with Gasteiger partial charge in [-0.2, -0.15) is 13.2 Å². The van der Waals surface area contributed by atoms with E-state index in [0.29, 0.717) is 50.5 Å². The molecular formula is C22H22F4N4O2. The maximum atomic E-state index is 14.2. The van der Waals surface area contributed by atoms with Crippen LogP contribution < -0.4 is 4.74 Å². The number of nitrogens with zero attached hydrogens (tertiary/aromatic N) is 4. The average molecular weight is 450 g/mol. The number of carbonyl (C=O) groups excluding carboxylic acids is 1. The number of ether oxygens (including phenoxy) is 1. The zero-order valence-corrected chi connectivity index (χ0v) is 17.2. The summed E-state index contributed by atoms with van der Waals surface area (Å²) < 4.78 is 58.5. The fraction of sp³-hybridized carbons (Fsp3) is 0.500. The minimum atomic E-state index is -4.66. The third-order valence-electron chi connectivity index (χ3n) is 6.32. The molecule has 1 aromatic carbocycles. The quantitative estimate of drug-likeness (QED) is 0.668. The molecule has 0 spiro atoms. The Balaban J connectivity index is 1.20. The van der Waals surface area contributed by atoms with E-state index in [0.717, 1.165) is 30.7 Å². The van der Waals surface area contributed by atoms with Gasteiger partial charge in [0.05, 0.1) is 29.2 Å². The van der Waals surface area contributed by atoms with Crippen LogP contribution in [0.2, 0.25) is 0 Å². The van der Waals surface area contributed by atoms with Gasteiger partial charge < -0.3 is 9.64 Å². The van der Waals surface area contributed by atoms with E-state index in [-0.39, 0.29) is 17.7 Å². The van der Waals surface area contributed by atoms with Crippen molar-refractivity contribution in [3.63, 3.8) is 0 Å². The van der Waals surface area contributed by atoms with Gasteiger partial charge in [0.2, 0.25) is 5.88 Å². The van der Waals surface area contributed by atoms with Crippen molar-refractivity contribution in [1.82, 2.24) is 19.8 Å². The zero-order chi connectivity index (χ0) is 22.5. The molecule has 1 saturated carbocycles. The first-order valence-corrected chi connectivity index (χ1v) is 10.7. The summed E-state index contributed by atoms with van der Waals surface area (Å²) in [4.78, 5) is 25.2. The normalized spacial score (nSPS) is 23.8. The van der Waals surface area contributed by atoms with Crippen LogP contribution in [0.1, 0.15) is 46.8 Å². The van der Waals surface area contributed by atoms with Crippen LogP contribution in [0.15, 0.2) is 30.6 Å². The Bertz CT molecular complexity index is 1010. The SMILES string of the molecule is O=C(c1ccc(C(F)(F)F)cc1F)N1CCN2C[C@H](Oc3cnc(C4CC4)cn3)C[C@H]2C1. The summed E-state index contributed by atoms with van der Waals surface area (Å²) in [6.07, 6.45) is 1.63. The first-order chi connectivity index (χ1) is 15.3. The molecule has 2 aliphatic heterocycles. The smallest absolute Gasteiger partial charge is 0.416 e. The van der Waals surface area contributed by atoms with Gasteiger partial charge in [-0.3, -0.25) is 14.7 Å². The second-order valence-corrected chi connectivity index (χ2v) is 8.62. The number of halogens is 4. The van der Waals surface area contributed by atoms with Crippen molar-refractivity contribution in [2.75, 3.05) is 26.2 Å². The van der Waals surface area contributed by atoms with Crippen LogP contribution in [0.5, 0.6) is 5.88 Å². The van der Waals surface area contributed by atoms with Crippen molar-refractivity contribution in [3.8, 4) is 5.88 Å². The van der Waals surface area contributed by atoms with E-state index in [4.69, 9.17) is 4.74 Å². The van der Waals surface area contributed by atoms with Crippen LogP contribution in [-0.4, -0.2) is 64.0 Å². The van der Waals surface area contributed by atoms with E-state index >= 15 is 0 Å². The molecule has 3 aliphatic rings. The van der Waals surface area contributed by atoms with Gasteiger partial charge in [0.15, 0.2) is 0 Å². The molecule has 2 saturated heterocycles. The lowest BCUT2D eigenvalue weighted by Crippen LogP contribution is -2.52. The van der Waals surface area contributed by atoms with E-state index < -0.39 is 23.5 Å². The number of rotatable bonds is 4. The number of aromatic nitrogens is 2. The Morgan fingerprint density at radius 2 is 1.91 bits per heavy atom. The van der Waals surface area contributed by atoms with Crippen molar-refractivity contribution in [1.29, 1.82) is 0 Å². The molecule has 0 unspecified atom stereocenters. The van der Waals surface area contributed by atoms with Gasteiger partial charge in [0.1, 0.15) is 11.9 Å². The third-order valence-corrected chi connectivity index (χ3v) is 6.32. The molecule has 1 aromatic heterocycles. The Labute approximate surface area is 182 Å². The number of amides is 1. The monoisotopic (exact) mass is 450 g/mol. The van der Waals surface area contributed by atoms with Gasteiger partial charge >= 0.3 is 6.18 Å². The van der Waals surface area contributed by atoms with Crippen LogP contribution in [0.25, 0.3) is 0 Å². The molecule has 0 radical (unpaired) electrons. The second-order valence-electron chi connectivity index (χ2n) is 8.62. The minimum absolute atomic E-state index is 0.0360. The molecule has 3 fully saturated rings. The highest BCUT2D eigenvalue weighted by molar-refractivity contribution is 5.94. The fourth-order valence-electron chi connectivity index (χ4n) is 4.45. The average Bonchev–Trinajstić information content (AvgIpc) is 3.52. The highest BCUT2D eigenvalue weighted by Gasteiger charge is 2.39. The van der Waals surface area contributed by atoms with E-state index in [1.807, 2.05) is 0 Å². The van der Waals surface area contributed by atoms with Crippen molar-refractivity contribution in [3.05, 3.63) is 53.2 Å². The van der Waals surface area contributed by atoms with Crippen molar-refractivity contribution in [2.24, 2.45) is 0 Å². The van der Waals surface area contributed by atoms with Crippen molar-refractivity contribution < 1.29 is 27.1 Å². The molecule has 1 aliphatic carbocycles. The number of benzene rings is 1. The predicted octanol–water partition coefficient (Wildman–Crippen LogP) is 3.49. The molecule has 5 rings (SSSR count). The van der Waals surface area contributed by atoms with Gasteiger partial charge in [-0.05, 0) is 31.0 Å². The lowest BCUT2D eigenvalue weighted by atomic mass is 10.1. The van der Waals surface area contributed by atoms with Gasteiger partial charge in [-0.1, -0.05) is 0 Å². The highest BCUT2D eigenvalue weighted by Crippen LogP contribution is 2.38. The highest BCUT2D eigenvalue weighted by atomic mass is 19.4. The van der Waals surface area contributed by atoms with E-state index in [9.17, 15) is 22.4 Å². The Kier molecular flexibility index (Phi) is 5.27. The summed E-state index contributed by atoms with van der Waals surface area (Å²) in [5.74, 6) is -0.760. The number of hydrogen-bond acceptors (Lipinski definition) is 5. The molecule has 10 heteroatoms. The number of carbonyl (C=O) groups is 1. The molecule has 0 bridgehead atoms. The molecule has 1 amide bonds. The Morgan fingerprint density at radius 1 is 1.09 bits per heavy atom.